The molecule has 0 saturated heterocycles. The summed E-state index contributed by atoms with van der Waals surface area (Å²) in [5.74, 6) is 0.813. The molecular formula is C19H24N4O2S. The van der Waals surface area contributed by atoms with Gasteiger partial charge in [0.05, 0.1) is 13.2 Å². The first-order chi connectivity index (χ1) is 12.3. The van der Waals surface area contributed by atoms with Crippen LogP contribution >= 0.6 is 11.3 Å². The van der Waals surface area contributed by atoms with Crippen LogP contribution in [0.3, 0.4) is 0 Å². The van der Waals surface area contributed by atoms with Crippen LogP contribution in [0.25, 0.3) is 4.96 Å². The molecule has 3 rings (SSSR count). The van der Waals surface area contributed by atoms with Crippen LogP contribution < -0.4 is 15.6 Å². The van der Waals surface area contributed by atoms with Crippen LogP contribution in [-0.2, 0) is 6.42 Å². The second kappa shape index (κ2) is 7.07. The van der Waals surface area contributed by atoms with Crippen LogP contribution in [0.1, 0.15) is 45.0 Å². The Morgan fingerprint density at radius 1 is 1.31 bits per heavy atom. The van der Waals surface area contributed by atoms with Crippen LogP contribution in [0, 0.1) is 5.41 Å². The predicted molar refractivity (Wildman–Crippen MR) is 105 cm³/mol. The molecule has 1 aromatic carbocycles. The highest BCUT2D eigenvalue weighted by Crippen LogP contribution is 2.37. The zero-order chi connectivity index (χ0) is 18.9. The maximum atomic E-state index is 12.2. The summed E-state index contributed by atoms with van der Waals surface area (Å²) in [6.45, 7) is 8.47. The first-order valence-corrected chi connectivity index (χ1v) is 9.43. The zero-order valence-electron chi connectivity index (χ0n) is 15.7. The summed E-state index contributed by atoms with van der Waals surface area (Å²) in [4.78, 5) is 17.3. The second-order valence-corrected chi connectivity index (χ2v) is 8.22. The Hall–Kier alpha value is -2.41. The minimum atomic E-state index is -0.148. The van der Waals surface area contributed by atoms with Crippen LogP contribution in [0.2, 0.25) is 0 Å². The number of aromatic nitrogens is 3. The Bertz CT molecular complexity index is 972. The van der Waals surface area contributed by atoms with Crippen molar-refractivity contribution in [3.05, 3.63) is 51.9 Å². The van der Waals surface area contributed by atoms with Crippen LogP contribution in [0.15, 0.2) is 35.1 Å². The molecule has 0 spiro atoms. The van der Waals surface area contributed by atoms with Gasteiger partial charge in [0.25, 0.3) is 5.56 Å². The number of nitrogens with one attached hydrogen (secondary N) is 1. The summed E-state index contributed by atoms with van der Waals surface area (Å²) < 4.78 is 6.72. The Morgan fingerprint density at radius 2 is 2.08 bits per heavy atom. The van der Waals surface area contributed by atoms with Gasteiger partial charge in [0.2, 0.25) is 10.1 Å². The van der Waals surface area contributed by atoms with Crippen LogP contribution in [-0.4, -0.2) is 21.7 Å². The number of anilines is 1. The van der Waals surface area contributed by atoms with Gasteiger partial charge in [-0.05, 0) is 29.5 Å². The van der Waals surface area contributed by atoms with Gasteiger partial charge in [-0.15, -0.1) is 5.10 Å². The summed E-state index contributed by atoms with van der Waals surface area (Å²) in [7, 11) is 1.66. The van der Waals surface area contributed by atoms with Crippen LogP contribution in [0.4, 0.5) is 5.13 Å². The zero-order valence-corrected chi connectivity index (χ0v) is 16.6. The SMILES string of the molecule is CCc1cc(=O)n2nc(NC(c3cccc(OC)c3)C(C)(C)C)sc2n1. The largest absolute Gasteiger partial charge is 0.497 e. The average Bonchev–Trinajstić information content (AvgIpc) is 3.02. The van der Waals surface area contributed by atoms with Gasteiger partial charge in [0.15, 0.2) is 0 Å². The molecular weight excluding hydrogens is 348 g/mol. The van der Waals surface area contributed by atoms with Crippen molar-refractivity contribution in [3.63, 3.8) is 0 Å². The van der Waals surface area contributed by atoms with E-state index in [-0.39, 0.29) is 17.0 Å². The van der Waals surface area contributed by atoms with Crippen molar-refractivity contribution < 1.29 is 4.74 Å². The van der Waals surface area contributed by atoms with E-state index >= 15 is 0 Å². The Balaban J connectivity index is 2.01. The Kier molecular flexibility index (Phi) is 5.00. The van der Waals surface area contributed by atoms with Gasteiger partial charge in [0, 0.05) is 11.8 Å². The summed E-state index contributed by atoms with van der Waals surface area (Å²) in [5, 5.41) is 8.59. The van der Waals surface area contributed by atoms with Crippen molar-refractivity contribution in [2.75, 3.05) is 12.4 Å². The van der Waals surface area contributed by atoms with E-state index in [4.69, 9.17) is 4.74 Å². The summed E-state index contributed by atoms with van der Waals surface area (Å²) in [6, 6.07) is 9.54. The van der Waals surface area contributed by atoms with Crippen molar-refractivity contribution >= 4 is 21.4 Å². The molecule has 0 amide bonds. The summed E-state index contributed by atoms with van der Waals surface area (Å²) in [5.41, 5.74) is 1.66. The van der Waals surface area contributed by atoms with E-state index in [1.165, 1.54) is 15.9 Å². The molecule has 3 aromatic rings. The Morgan fingerprint density at radius 3 is 2.73 bits per heavy atom. The minimum absolute atomic E-state index is 0.000454. The van der Waals surface area contributed by atoms with Crippen molar-refractivity contribution in [1.82, 2.24) is 14.6 Å². The number of hydrogen-bond donors (Lipinski definition) is 1. The molecule has 0 aliphatic heterocycles. The van der Waals surface area contributed by atoms with Crippen molar-refractivity contribution in [3.8, 4) is 5.75 Å². The van der Waals surface area contributed by atoms with E-state index in [2.05, 4.69) is 42.2 Å². The smallest absolute Gasteiger partial charge is 0.275 e. The van der Waals surface area contributed by atoms with Gasteiger partial charge in [-0.1, -0.05) is 51.2 Å². The number of nitrogens with zero attached hydrogens (tertiary/aromatic N) is 3. The lowest BCUT2D eigenvalue weighted by molar-refractivity contribution is 0.345. The standard InChI is InChI=1S/C19H24N4O2S/c1-6-13-11-15(24)23-18(20-13)26-17(22-23)21-16(19(2,3)4)12-8-7-9-14(10-12)25-5/h7-11,16H,6H2,1-5H3,(H,21,22). The lowest BCUT2D eigenvalue weighted by Crippen LogP contribution is -2.26. The van der Waals surface area contributed by atoms with Gasteiger partial charge in [-0.2, -0.15) is 4.52 Å². The van der Waals surface area contributed by atoms with Crippen molar-refractivity contribution in [2.45, 2.75) is 40.2 Å². The number of benzene rings is 1. The molecule has 0 aliphatic carbocycles. The molecule has 0 bridgehead atoms. The molecule has 26 heavy (non-hydrogen) atoms. The number of fused-ring (bicyclic) bond motifs is 1. The first-order valence-electron chi connectivity index (χ1n) is 8.62. The maximum Gasteiger partial charge on any atom is 0.275 e. The molecule has 2 aromatic heterocycles. The van der Waals surface area contributed by atoms with Crippen molar-refractivity contribution in [1.29, 1.82) is 0 Å². The van der Waals surface area contributed by atoms with E-state index in [1.54, 1.807) is 13.2 Å². The van der Waals surface area contributed by atoms with E-state index in [0.717, 1.165) is 23.4 Å². The molecule has 1 N–H and O–H groups in total. The number of rotatable bonds is 5. The number of aryl methyl sites for hydroxylation is 1. The van der Waals surface area contributed by atoms with Gasteiger partial charge < -0.3 is 10.1 Å². The third-order valence-electron chi connectivity index (χ3n) is 4.22. The molecule has 2 heterocycles. The lowest BCUT2D eigenvalue weighted by atomic mass is 9.82. The molecule has 6 nitrogen and oxygen atoms in total. The third-order valence-corrected chi connectivity index (χ3v) is 5.06. The van der Waals surface area contributed by atoms with Crippen molar-refractivity contribution in [2.24, 2.45) is 5.41 Å². The molecule has 1 atom stereocenters. The highest BCUT2D eigenvalue weighted by atomic mass is 32.1. The Labute approximate surface area is 156 Å². The first kappa shape index (κ1) is 18.4. The quantitative estimate of drug-likeness (QED) is 0.735. The normalized spacial score (nSPS) is 13.0. The fourth-order valence-corrected chi connectivity index (χ4v) is 3.69. The predicted octanol–water partition coefficient (Wildman–Crippen LogP) is 3.92. The number of ether oxygens (including phenoxy) is 1. The van der Waals surface area contributed by atoms with Gasteiger partial charge >= 0.3 is 0 Å². The molecule has 7 heteroatoms. The lowest BCUT2D eigenvalue weighted by Gasteiger charge is -2.31. The molecule has 0 radical (unpaired) electrons. The topological polar surface area (TPSA) is 68.5 Å². The molecule has 0 saturated carbocycles. The fraction of sp³-hybridized carbons (Fsp3) is 0.421. The number of methoxy groups -OCH3 is 1. The van der Waals surface area contributed by atoms with Gasteiger partial charge in [0.1, 0.15) is 5.75 Å². The molecule has 1 unspecified atom stereocenters. The summed E-state index contributed by atoms with van der Waals surface area (Å²) in [6.07, 6.45) is 0.723. The number of hydrogen-bond acceptors (Lipinski definition) is 6. The molecule has 138 valence electrons. The van der Waals surface area contributed by atoms with Gasteiger partial charge in [-0.25, -0.2) is 4.98 Å². The van der Waals surface area contributed by atoms with E-state index in [1.807, 2.05) is 25.1 Å². The van der Waals surface area contributed by atoms with E-state index in [9.17, 15) is 4.79 Å². The molecule has 0 aliphatic rings. The van der Waals surface area contributed by atoms with E-state index in [0.29, 0.717) is 10.1 Å². The summed E-state index contributed by atoms with van der Waals surface area (Å²) >= 11 is 1.39. The average molecular weight is 372 g/mol. The van der Waals surface area contributed by atoms with Crippen LogP contribution in [0.5, 0.6) is 5.75 Å². The van der Waals surface area contributed by atoms with Gasteiger partial charge in [-0.3, -0.25) is 4.79 Å². The minimum Gasteiger partial charge on any atom is -0.497 e. The molecule has 0 fully saturated rings. The third kappa shape index (κ3) is 3.72. The second-order valence-electron chi connectivity index (χ2n) is 7.26. The highest BCUT2D eigenvalue weighted by Gasteiger charge is 2.28. The maximum absolute atomic E-state index is 12.2. The fourth-order valence-electron chi connectivity index (χ4n) is 2.84. The monoisotopic (exact) mass is 372 g/mol. The highest BCUT2D eigenvalue weighted by molar-refractivity contribution is 7.20. The van der Waals surface area contributed by atoms with E-state index < -0.39 is 0 Å².